The first-order valence-electron chi connectivity index (χ1n) is 6.33. The highest BCUT2D eigenvalue weighted by Gasteiger charge is 2.39. The summed E-state index contributed by atoms with van der Waals surface area (Å²) in [5.41, 5.74) is 4.74. The van der Waals surface area contributed by atoms with E-state index in [0.717, 1.165) is 0 Å². The van der Waals surface area contributed by atoms with E-state index in [4.69, 9.17) is 15.2 Å². The van der Waals surface area contributed by atoms with Crippen molar-refractivity contribution in [3.8, 4) is 5.75 Å². The molecule has 2 amide bonds. The van der Waals surface area contributed by atoms with Gasteiger partial charge in [-0.3, -0.25) is 9.59 Å². The highest BCUT2D eigenvalue weighted by atomic mass is 16.5. The van der Waals surface area contributed by atoms with E-state index < -0.39 is 11.5 Å². The van der Waals surface area contributed by atoms with E-state index in [1.165, 1.54) is 0 Å². The summed E-state index contributed by atoms with van der Waals surface area (Å²) in [6.45, 7) is 2.49. The second kappa shape index (κ2) is 5.50. The smallest absolute Gasteiger partial charge is 0.254 e. The quantitative estimate of drug-likeness (QED) is 0.868. The molecule has 1 saturated heterocycles. The van der Waals surface area contributed by atoms with E-state index >= 15 is 0 Å². The van der Waals surface area contributed by atoms with Crippen LogP contribution < -0.4 is 10.5 Å². The molecule has 1 aliphatic rings. The molecular formula is C14H18N2O4. The highest BCUT2D eigenvalue weighted by Crippen LogP contribution is 2.20. The third-order valence-corrected chi connectivity index (χ3v) is 3.42. The molecule has 1 aromatic carbocycles. The van der Waals surface area contributed by atoms with Crippen molar-refractivity contribution < 1.29 is 19.1 Å². The number of amides is 2. The van der Waals surface area contributed by atoms with Gasteiger partial charge in [0, 0.05) is 12.1 Å². The maximum absolute atomic E-state index is 12.4. The molecule has 1 aromatic rings. The first-order valence-corrected chi connectivity index (χ1v) is 6.33. The van der Waals surface area contributed by atoms with Gasteiger partial charge in [-0.15, -0.1) is 0 Å². The van der Waals surface area contributed by atoms with Crippen molar-refractivity contribution in [2.75, 3.05) is 26.8 Å². The second-order valence-corrected chi connectivity index (χ2v) is 4.90. The van der Waals surface area contributed by atoms with E-state index in [2.05, 4.69) is 0 Å². The number of ether oxygens (including phenoxy) is 2. The van der Waals surface area contributed by atoms with Crippen molar-refractivity contribution in [2.45, 2.75) is 12.5 Å². The Morgan fingerprint density at radius 2 is 2.00 bits per heavy atom. The Morgan fingerprint density at radius 1 is 1.35 bits per heavy atom. The number of hydrogen-bond donors (Lipinski definition) is 1. The van der Waals surface area contributed by atoms with Crippen molar-refractivity contribution in [1.82, 2.24) is 4.90 Å². The van der Waals surface area contributed by atoms with Gasteiger partial charge in [-0.1, -0.05) is 0 Å². The van der Waals surface area contributed by atoms with E-state index in [0.29, 0.717) is 24.5 Å². The Balaban J connectivity index is 2.14. The number of primary amides is 1. The third kappa shape index (κ3) is 2.75. The third-order valence-electron chi connectivity index (χ3n) is 3.42. The van der Waals surface area contributed by atoms with Crippen LogP contribution in [0, 0.1) is 0 Å². The number of carbonyl (C=O) groups excluding carboxylic acids is 2. The van der Waals surface area contributed by atoms with Crippen molar-refractivity contribution in [1.29, 1.82) is 0 Å². The van der Waals surface area contributed by atoms with Crippen LogP contribution >= 0.6 is 0 Å². The fourth-order valence-corrected chi connectivity index (χ4v) is 2.11. The van der Waals surface area contributed by atoms with Crippen LogP contribution in [-0.2, 0) is 9.53 Å². The molecule has 1 aliphatic heterocycles. The molecule has 0 saturated carbocycles. The lowest BCUT2D eigenvalue weighted by atomic mass is 10.0. The summed E-state index contributed by atoms with van der Waals surface area (Å²) >= 11 is 0. The first-order chi connectivity index (χ1) is 9.46. The molecule has 1 atom stereocenters. The topological polar surface area (TPSA) is 81.9 Å². The fourth-order valence-electron chi connectivity index (χ4n) is 2.11. The molecule has 0 radical (unpaired) electrons. The standard InChI is InChI=1S/C14H18N2O4/c1-14(13(15)18)9-16(7-8-20-14)12(17)10-3-5-11(19-2)6-4-10/h3-6H,7-9H2,1-2H3,(H2,15,18). The van der Waals surface area contributed by atoms with Gasteiger partial charge in [0.1, 0.15) is 5.75 Å². The number of hydrogen-bond acceptors (Lipinski definition) is 4. The number of methoxy groups -OCH3 is 1. The molecule has 1 heterocycles. The molecule has 0 aliphatic carbocycles. The average Bonchev–Trinajstić information content (AvgIpc) is 2.46. The summed E-state index contributed by atoms with van der Waals surface area (Å²) < 4.78 is 10.4. The predicted molar refractivity (Wildman–Crippen MR) is 72.4 cm³/mol. The molecule has 0 bridgehead atoms. The summed E-state index contributed by atoms with van der Waals surface area (Å²) in [5.74, 6) is -0.0290. The van der Waals surface area contributed by atoms with E-state index in [1.807, 2.05) is 0 Å². The van der Waals surface area contributed by atoms with Crippen LogP contribution in [0.15, 0.2) is 24.3 Å². The average molecular weight is 278 g/mol. The molecule has 2 rings (SSSR count). The summed E-state index contributed by atoms with van der Waals surface area (Å²) in [5, 5.41) is 0. The Labute approximate surface area is 117 Å². The number of nitrogens with zero attached hydrogens (tertiary/aromatic N) is 1. The molecule has 2 N–H and O–H groups in total. The minimum absolute atomic E-state index is 0.150. The number of morpholine rings is 1. The zero-order chi connectivity index (χ0) is 14.8. The van der Waals surface area contributed by atoms with Crippen LogP contribution in [0.2, 0.25) is 0 Å². The summed E-state index contributed by atoms with van der Waals surface area (Å²) in [7, 11) is 1.57. The van der Waals surface area contributed by atoms with E-state index in [9.17, 15) is 9.59 Å². The van der Waals surface area contributed by atoms with Crippen molar-refractivity contribution in [3.05, 3.63) is 29.8 Å². The molecule has 1 unspecified atom stereocenters. The van der Waals surface area contributed by atoms with E-state index in [-0.39, 0.29) is 12.5 Å². The maximum Gasteiger partial charge on any atom is 0.254 e. The van der Waals surface area contributed by atoms with Crippen LogP contribution in [0.25, 0.3) is 0 Å². The van der Waals surface area contributed by atoms with E-state index in [1.54, 1.807) is 43.2 Å². The lowest BCUT2D eigenvalue weighted by Crippen LogP contribution is -2.58. The summed E-state index contributed by atoms with van der Waals surface area (Å²) in [4.78, 5) is 25.4. The maximum atomic E-state index is 12.4. The molecule has 20 heavy (non-hydrogen) atoms. The van der Waals surface area contributed by atoms with Gasteiger partial charge in [0.15, 0.2) is 5.60 Å². The number of carbonyl (C=O) groups is 2. The van der Waals surface area contributed by atoms with Gasteiger partial charge in [-0.2, -0.15) is 0 Å². The molecule has 0 aromatic heterocycles. The van der Waals surface area contributed by atoms with Gasteiger partial charge in [-0.25, -0.2) is 0 Å². The van der Waals surface area contributed by atoms with Gasteiger partial charge < -0.3 is 20.1 Å². The molecule has 6 heteroatoms. The van der Waals surface area contributed by atoms with Crippen molar-refractivity contribution in [3.63, 3.8) is 0 Å². The van der Waals surface area contributed by atoms with Crippen molar-refractivity contribution in [2.24, 2.45) is 5.73 Å². The van der Waals surface area contributed by atoms with Crippen LogP contribution in [-0.4, -0.2) is 49.1 Å². The molecule has 108 valence electrons. The Morgan fingerprint density at radius 3 is 2.55 bits per heavy atom. The SMILES string of the molecule is COc1ccc(C(=O)N2CCOC(C)(C(N)=O)C2)cc1. The number of benzene rings is 1. The zero-order valence-corrected chi connectivity index (χ0v) is 11.6. The van der Waals surface area contributed by atoms with Gasteiger partial charge in [0.05, 0.1) is 20.3 Å². The van der Waals surface area contributed by atoms with Gasteiger partial charge in [-0.05, 0) is 31.2 Å². The lowest BCUT2D eigenvalue weighted by molar-refractivity contribution is -0.150. The van der Waals surface area contributed by atoms with Crippen molar-refractivity contribution >= 4 is 11.8 Å². The van der Waals surface area contributed by atoms with Crippen LogP contribution in [0.5, 0.6) is 5.75 Å². The zero-order valence-electron chi connectivity index (χ0n) is 11.6. The Kier molecular flexibility index (Phi) is 3.94. The summed E-state index contributed by atoms with van der Waals surface area (Å²) in [6, 6.07) is 6.83. The monoisotopic (exact) mass is 278 g/mol. The van der Waals surface area contributed by atoms with Crippen LogP contribution in [0.4, 0.5) is 0 Å². The number of rotatable bonds is 3. The molecule has 1 fully saturated rings. The first kappa shape index (κ1) is 14.3. The largest absolute Gasteiger partial charge is 0.497 e. The second-order valence-electron chi connectivity index (χ2n) is 4.90. The highest BCUT2D eigenvalue weighted by molar-refractivity contribution is 5.95. The summed E-state index contributed by atoms with van der Waals surface area (Å²) in [6.07, 6.45) is 0. The van der Waals surface area contributed by atoms with Gasteiger partial charge in [0.25, 0.3) is 11.8 Å². The Bertz CT molecular complexity index is 514. The predicted octanol–water partition coefficient (Wildman–Crippen LogP) is 0.412. The Hall–Kier alpha value is -2.08. The molecular weight excluding hydrogens is 260 g/mol. The molecule has 6 nitrogen and oxygen atoms in total. The van der Waals surface area contributed by atoms with Gasteiger partial charge >= 0.3 is 0 Å². The molecule has 0 spiro atoms. The van der Waals surface area contributed by atoms with Gasteiger partial charge in [0.2, 0.25) is 0 Å². The van der Waals surface area contributed by atoms with Crippen LogP contribution in [0.3, 0.4) is 0 Å². The normalized spacial score (nSPS) is 22.4. The van der Waals surface area contributed by atoms with Crippen LogP contribution in [0.1, 0.15) is 17.3 Å². The number of nitrogens with two attached hydrogens (primary N) is 1. The minimum Gasteiger partial charge on any atom is -0.497 e. The lowest BCUT2D eigenvalue weighted by Gasteiger charge is -2.38. The minimum atomic E-state index is -1.12. The fraction of sp³-hybridized carbons (Fsp3) is 0.429.